The molecule has 1 unspecified atom stereocenters. The molecule has 3 aromatic rings. The summed E-state index contributed by atoms with van der Waals surface area (Å²) in [4.78, 5) is 8.71. The van der Waals surface area contributed by atoms with Crippen molar-refractivity contribution in [3.8, 4) is 0 Å². The zero-order valence-electron chi connectivity index (χ0n) is 12.3. The maximum Gasteiger partial charge on any atom is 0.0890 e. The van der Waals surface area contributed by atoms with Crippen molar-refractivity contribution in [1.29, 1.82) is 0 Å². The lowest BCUT2D eigenvalue weighted by atomic mass is 10.0. The van der Waals surface area contributed by atoms with Gasteiger partial charge in [0.2, 0.25) is 0 Å². The third-order valence-electron chi connectivity index (χ3n) is 3.46. The van der Waals surface area contributed by atoms with Gasteiger partial charge in [-0.25, -0.2) is 0 Å². The van der Waals surface area contributed by atoms with E-state index >= 15 is 0 Å². The third-order valence-corrected chi connectivity index (χ3v) is 3.46. The van der Waals surface area contributed by atoms with E-state index in [1.807, 2.05) is 30.1 Å². The number of nitrogens with zero attached hydrogens (tertiary/aromatic N) is 4. The standard InChI is InChI=1S/C16H19N5/c1-3-7-19-16(14-6-10-21(2)20-14)12-4-5-13-15(11-12)18-9-8-17-13/h4-6,8-11,16,19H,3,7H2,1-2H3. The molecular formula is C16H19N5. The number of hydrogen-bond acceptors (Lipinski definition) is 4. The van der Waals surface area contributed by atoms with E-state index in [-0.39, 0.29) is 6.04 Å². The average Bonchev–Trinajstić information content (AvgIpc) is 2.94. The fourth-order valence-electron chi connectivity index (χ4n) is 2.43. The average molecular weight is 281 g/mol. The minimum absolute atomic E-state index is 0.0811. The molecule has 1 aromatic carbocycles. The van der Waals surface area contributed by atoms with E-state index in [0.717, 1.165) is 35.3 Å². The van der Waals surface area contributed by atoms with E-state index in [2.05, 4.69) is 39.4 Å². The van der Waals surface area contributed by atoms with E-state index in [0.29, 0.717) is 0 Å². The summed E-state index contributed by atoms with van der Waals surface area (Å²) < 4.78 is 1.83. The second kappa shape index (κ2) is 6.01. The molecule has 1 atom stereocenters. The third kappa shape index (κ3) is 2.92. The zero-order chi connectivity index (χ0) is 14.7. The first-order valence-electron chi connectivity index (χ1n) is 7.21. The Labute approximate surface area is 124 Å². The van der Waals surface area contributed by atoms with Crippen LogP contribution < -0.4 is 5.32 Å². The van der Waals surface area contributed by atoms with Gasteiger partial charge in [-0.3, -0.25) is 14.6 Å². The van der Waals surface area contributed by atoms with Crippen molar-refractivity contribution < 1.29 is 0 Å². The number of rotatable bonds is 5. The molecule has 0 aliphatic heterocycles. The van der Waals surface area contributed by atoms with Crippen molar-refractivity contribution in [3.05, 3.63) is 54.1 Å². The van der Waals surface area contributed by atoms with Crippen molar-refractivity contribution in [2.45, 2.75) is 19.4 Å². The van der Waals surface area contributed by atoms with Crippen molar-refractivity contribution in [2.75, 3.05) is 6.54 Å². The second-order valence-corrected chi connectivity index (χ2v) is 5.11. The number of aryl methyl sites for hydroxylation is 1. The highest BCUT2D eigenvalue weighted by atomic mass is 15.3. The second-order valence-electron chi connectivity index (χ2n) is 5.11. The summed E-state index contributed by atoms with van der Waals surface area (Å²) in [5.74, 6) is 0. The SMILES string of the molecule is CCCNC(c1ccc2nccnc2c1)c1ccn(C)n1. The molecule has 0 radical (unpaired) electrons. The lowest BCUT2D eigenvalue weighted by molar-refractivity contribution is 0.576. The van der Waals surface area contributed by atoms with Crippen LogP contribution in [0.2, 0.25) is 0 Å². The van der Waals surface area contributed by atoms with Crippen LogP contribution in [-0.2, 0) is 7.05 Å². The Balaban J connectivity index is 2.00. The molecule has 0 saturated heterocycles. The summed E-state index contributed by atoms with van der Waals surface area (Å²) in [6.07, 6.45) is 6.49. The molecule has 0 amide bonds. The molecule has 0 spiro atoms. The number of hydrogen-bond donors (Lipinski definition) is 1. The van der Waals surface area contributed by atoms with Gasteiger partial charge >= 0.3 is 0 Å². The molecule has 0 bridgehead atoms. The van der Waals surface area contributed by atoms with Crippen LogP contribution in [0.25, 0.3) is 11.0 Å². The molecule has 0 aliphatic carbocycles. The number of nitrogens with one attached hydrogen (secondary N) is 1. The smallest absolute Gasteiger partial charge is 0.0890 e. The Hall–Kier alpha value is -2.27. The first kappa shape index (κ1) is 13.7. The normalized spacial score (nSPS) is 12.7. The van der Waals surface area contributed by atoms with Crippen LogP contribution in [0.4, 0.5) is 0 Å². The largest absolute Gasteiger partial charge is 0.305 e. The molecule has 5 nitrogen and oxygen atoms in total. The van der Waals surface area contributed by atoms with Crippen LogP contribution in [0.3, 0.4) is 0 Å². The Bertz CT molecular complexity index is 734. The highest BCUT2D eigenvalue weighted by Crippen LogP contribution is 2.23. The topological polar surface area (TPSA) is 55.6 Å². The first-order valence-corrected chi connectivity index (χ1v) is 7.21. The maximum absolute atomic E-state index is 4.54. The molecule has 2 heterocycles. The highest BCUT2D eigenvalue weighted by Gasteiger charge is 2.16. The Morgan fingerprint density at radius 1 is 1.14 bits per heavy atom. The minimum Gasteiger partial charge on any atom is -0.305 e. The molecule has 108 valence electrons. The summed E-state index contributed by atoms with van der Waals surface area (Å²) in [6, 6.07) is 8.33. The lowest BCUT2D eigenvalue weighted by Gasteiger charge is -2.17. The molecule has 21 heavy (non-hydrogen) atoms. The fourth-order valence-corrected chi connectivity index (χ4v) is 2.43. The van der Waals surface area contributed by atoms with Crippen LogP contribution in [0.1, 0.15) is 30.6 Å². The molecule has 5 heteroatoms. The molecule has 0 fully saturated rings. The van der Waals surface area contributed by atoms with E-state index in [1.165, 1.54) is 0 Å². The van der Waals surface area contributed by atoms with Crippen LogP contribution in [0, 0.1) is 0 Å². The van der Waals surface area contributed by atoms with Crippen LogP contribution in [0.5, 0.6) is 0 Å². The summed E-state index contributed by atoms with van der Waals surface area (Å²) in [5, 5.41) is 8.09. The monoisotopic (exact) mass is 281 g/mol. The van der Waals surface area contributed by atoms with Crippen LogP contribution in [0.15, 0.2) is 42.9 Å². The number of fused-ring (bicyclic) bond motifs is 1. The molecule has 3 rings (SSSR count). The van der Waals surface area contributed by atoms with Crippen molar-refractivity contribution in [2.24, 2.45) is 7.05 Å². The number of benzene rings is 1. The molecule has 0 saturated carbocycles. The highest BCUT2D eigenvalue weighted by molar-refractivity contribution is 5.74. The summed E-state index contributed by atoms with van der Waals surface area (Å²) in [7, 11) is 1.94. The Kier molecular flexibility index (Phi) is 3.92. The van der Waals surface area contributed by atoms with Gasteiger partial charge in [-0.2, -0.15) is 5.10 Å². The molecule has 2 aromatic heterocycles. The maximum atomic E-state index is 4.54. The lowest BCUT2D eigenvalue weighted by Crippen LogP contribution is -2.23. The van der Waals surface area contributed by atoms with Crippen molar-refractivity contribution >= 4 is 11.0 Å². The van der Waals surface area contributed by atoms with Gasteiger partial charge in [0.05, 0.1) is 22.8 Å². The summed E-state index contributed by atoms with van der Waals surface area (Å²) in [5.41, 5.74) is 4.01. The van der Waals surface area contributed by atoms with Crippen molar-refractivity contribution in [1.82, 2.24) is 25.1 Å². The van der Waals surface area contributed by atoms with Gasteiger partial charge in [0, 0.05) is 25.6 Å². The van der Waals surface area contributed by atoms with Crippen LogP contribution >= 0.6 is 0 Å². The van der Waals surface area contributed by atoms with E-state index in [4.69, 9.17) is 0 Å². The van der Waals surface area contributed by atoms with Gasteiger partial charge in [-0.15, -0.1) is 0 Å². The quantitative estimate of drug-likeness (QED) is 0.780. The van der Waals surface area contributed by atoms with Gasteiger partial charge in [0.15, 0.2) is 0 Å². The minimum atomic E-state index is 0.0811. The molecule has 0 aliphatic rings. The van der Waals surface area contributed by atoms with Gasteiger partial charge < -0.3 is 5.32 Å². The predicted molar refractivity (Wildman–Crippen MR) is 82.9 cm³/mol. The van der Waals surface area contributed by atoms with Gasteiger partial charge in [0.1, 0.15) is 0 Å². The number of aromatic nitrogens is 4. The van der Waals surface area contributed by atoms with Gasteiger partial charge in [0.25, 0.3) is 0 Å². The zero-order valence-corrected chi connectivity index (χ0v) is 12.3. The molecule has 1 N–H and O–H groups in total. The van der Waals surface area contributed by atoms with E-state index < -0.39 is 0 Å². The summed E-state index contributed by atoms with van der Waals surface area (Å²) >= 11 is 0. The Morgan fingerprint density at radius 2 is 1.95 bits per heavy atom. The van der Waals surface area contributed by atoms with Gasteiger partial charge in [-0.05, 0) is 36.7 Å². The van der Waals surface area contributed by atoms with E-state index in [1.54, 1.807) is 12.4 Å². The van der Waals surface area contributed by atoms with Crippen molar-refractivity contribution in [3.63, 3.8) is 0 Å². The van der Waals surface area contributed by atoms with Gasteiger partial charge in [-0.1, -0.05) is 13.0 Å². The summed E-state index contributed by atoms with van der Waals surface area (Å²) in [6.45, 7) is 3.11. The predicted octanol–water partition coefficient (Wildman–Crippen LogP) is 2.45. The first-order chi connectivity index (χ1) is 10.3. The fraction of sp³-hybridized carbons (Fsp3) is 0.312. The van der Waals surface area contributed by atoms with E-state index in [9.17, 15) is 0 Å². The molecular weight excluding hydrogens is 262 g/mol. The van der Waals surface area contributed by atoms with Crippen LogP contribution in [-0.4, -0.2) is 26.3 Å². The Morgan fingerprint density at radius 3 is 2.67 bits per heavy atom.